The van der Waals surface area contributed by atoms with Gasteiger partial charge in [-0.3, -0.25) is 4.79 Å². The van der Waals surface area contributed by atoms with Crippen molar-refractivity contribution >= 4 is 23.6 Å². The maximum absolute atomic E-state index is 11.9. The Morgan fingerprint density at radius 3 is 2.68 bits per heavy atom. The van der Waals surface area contributed by atoms with Crippen molar-refractivity contribution in [2.24, 2.45) is 23.5 Å². The van der Waals surface area contributed by atoms with Crippen LogP contribution in [0, 0.1) is 17.8 Å². The Kier molecular flexibility index (Phi) is 5.11. The number of hydrogen-bond acceptors (Lipinski definition) is 8. The number of aliphatic carboxylic acids is 1. The maximum atomic E-state index is 11.9. The van der Waals surface area contributed by atoms with Crippen LogP contribution in [0.15, 0.2) is 10.6 Å². The molecule has 28 heavy (non-hydrogen) atoms. The molecule has 1 amide bonds. The summed E-state index contributed by atoms with van der Waals surface area (Å²) < 4.78 is 0. The zero-order chi connectivity index (χ0) is 20.3. The number of carbonyl (C=O) groups is 2. The Bertz CT molecular complexity index is 716. The van der Waals surface area contributed by atoms with E-state index < -0.39 is 24.3 Å². The van der Waals surface area contributed by atoms with Gasteiger partial charge in [0.15, 0.2) is 0 Å². The number of amides is 1. The number of hydrogen-bond donors (Lipinski definition) is 6. The molecule has 5 unspecified atom stereocenters. The van der Waals surface area contributed by atoms with E-state index in [1.54, 1.807) is 23.6 Å². The van der Waals surface area contributed by atoms with Crippen molar-refractivity contribution in [3.05, 3.63) is 10.6 Å². The van der Waals surface area contributed by atoms with Gasteiger partial charge in [-0.25, -0.2) is 4.79 Å². The number of carboxylic acid groups (broad SMARTS) is 1. The van der Waals surface area contributed by atoms with Gasteiger partial charge in [0, 0.05) is 47.2 Å². The number of carboxylic acids is 1. The van der Waals surface area contributed by atoms with Gasteiger partial charge >= 0.3 is 5.97 Å². The van der Waals surface area contributed by atoms with Gasteiger partial charge in [0.2, 0.25) is 5.91 Å². The molecule has 0 aromatic rings. The number of fused-ring (bicyclic) bond motifs is 1. The van der Waals surface area contributed by atoms with Gasteiger partial charge < -0.3 is 36.6 Å². The maximum Gasteiger partial charge on any atom is 0.353 e. The SMILES string of the molecule is CC(O)C1C(O)N2C(C(=O)O)=C(S[C@@H]3CN[C@H](C4CNC(=O)C4N)C3)[C@H](C)[C@H]12. The lowest BCUT2D eigenvalue weighted by Gasteiger charge is -2.53. The molecule has 7 N–H and O–H groups in total. The second-order valence-corrected chi connectivity index (χ2v) is 9.70. The van der Waals surface area contributed by atoms with E-state index in [4.69, 9.17) is 5.73 Å². The van der Waals surface area contributed by atoms with E-state index >= 15 is 0 Å². The predicted octanol–water partition coefficient (Wildman–Crippen LogP) is -1.53. The topological polar surface area (TPSA) is 148 Å². The molecular formula is C18H28N4O5S. The Morgan fingerprint density at radius 1 is 1.39 bits per heavy atom. The Balaban J connectivity index is 1.48. The number of nitrogens with two attached hydrogens (primary N) is 1. The van der Waals surface area contributed by atoms with Crippen LogP contribution in [-0.2, 0) is 9.59 Å². The van der Waals surface area contributed by atoms with E-state index in [2.05, 4.69) is 10.6 Å². The fraction of sp³-hybridized carbons (Fsp3) is 0.778. The first-order valence-electron chi connectivity index (χ1n) is 9.77. The van der Waals surface area contributed by atoms with Crippen LogP contribution >= 0.6 is 11.8 Å². The number of aliphatic hydroxyl groups excluding tert-OH is 2. The third kappa shape index (κ3) is 2.93. The molecule has 9 atom stereocenters. The molecule has 156 valence electrons. The summed E-state index contributed by atoms with van der Waals surface area (Å²) in [6.45, 7) is 4.87. The minimum Gasteiger partial charge on any atom is -0.477 e. The molecule has 0 spiro atoms. The Hall–Kier alpha value is -1.33. The lowest BCUT2D eigenvalue weighted by molar-refractivity contribution is -0.192. The number of nitrogens with zero attached hydrogens (tertiary/aromatic N) is 1. The van der Waals surface area contributed by atoms with Crippen molar-refractivity contribution in [2.45, 2.75) is 56.0 Å². The van der Waals surface area contributed by atoms with Gasteiger partial charge in [0.1, 0.15) is 11.9 Å². The zero-order valence-corrected chi connectivity index (χ0v) is 16.7. The van der Waals surface area contributed by atoms with Gasteiger partial charge in [0.25, 0.3) is 0 Å². The molecule has 4 aliphatic rings. The minimum absolute atomic E-state index is 0.0356. The molecule has 0 aromatic heterocycles. The molecule has 0 radical (unpaired) electrons. The molecule has 4 heterocycles. The first-order chi connectivity index (χ1) is 13.2. The zero-order valence-electron chi connectivity index (χ0n) is 15.9. The highest BCUT2D eigenvalue weighted by Crippen LogP contribution is 2.53. The van der Waals surface area contributed by atoms with Gasteiger partial charge in [-0.1, -0.05) is 6.92 Å². The van der Waals surface area contributed by atoms with Gasteiger partial charge in [-0.05, 0) is 13.3 Å². The van der Waals surface area contributed by atoms with Crippen molar-refractivity contribution < 1.29 is 24.9 Å². The van der Waals surface area contributed by atoms with Crippen LogP contribution in [0.2, 0.25) is 0 Å². The predicted molar refractivity (Wildman–Crippen MR) is 103 cm³/mol. The molecule has 0 aromatic carbocycles. The minimum atomic E-state index is -1.05. The summed E-state index contributed by atoms with van der Waals surface area (Å²) in [6, 6.07) is -0.590. The molecule has 0 saturated carbocycles. The van der Waals surface area contributed by atoms with Crippen molar-refractivity contribution in [1.82, 2.24) is 15.5 Å². The summed E-state index contributed by atoms with van der Waals surface area (Å²) in [4.78, 5) is 25.9. The van der Waals surface area contributed by atoms with E-state index in [0.29, 0.717) is 13.1 Å². The first kappa shape index (κ1) is 20.0. The number of rotatable bonds is 5. The van der Waals surface area contributed by atoms with Crippen molar-refractivity contribution in [1.29, 1.82) is 0 Å². The number of aliphatic hydroxyl groups is 2. The van der Waals surface area contributed by atoms with E-state index in [9.17, 15) is 24.9 Å². The van der Waals surface area contributed by atoms with Crippen LogP contribution in [0.1, 0.15) is 20.3 Å². The molecule has 4 aliphatic heterocycles. The molecule has 0 bridgehead atoms. The Labute approximate surface area is 167 Å². The molecule has 0 aliphatic carbocycles. The van der Waals surface area contributed by atoms with Crippen LogP contribution in [0.5, 0.6) is 0 Å². The summed E-state index contributed by atoms with van der Waals surface area (Å²) in [5, 5.41) is 36.6. The Morgan fingerprint density at radius 2 is 2.11 bits per heavy atom. The van der Waals surface area contributed by atoms with E-state index in [1.807, 2.05) is 6.92 Å². The van der Waals surface area contributed by atoms with Gasteiger partial charge in [-0.2, -0.15) is 0 Å². The van der Waals surface area contributed by atoms with Crippen LogP contribution in [-0.4, -0.2) is 80.9 Å². The highest BCUT2D eigenvalue weighted by molar-refractivity contribution is 8.03. The number of carbonyl (C=O) groups excluding carboxylic acids is 1. The molecule has 3 fully saturated rings. The summed E-state index contributed by atoms with van der Waals surface area (Å²) in [5.41, 5.74) is 6.15. The van der Waals surface area contributed by atoms with Gasteiger partial charge in [-0.15, -0.1) is 11.8 Å². The molecule has 10 heteroatoms. The average Bonchev–Trinajstić information content (AvgIpc) is 3.27. The lowest BCUT2D eigenvalue weighted by atomic mass is 9.78. The summed E-state index contributed by atoms with van der Waals surface area (Å²) >= 11 is 1.54. The lowest BCUT2D eigenvalue weighted by Crippen LogP contribution is -2.66. The average molecular weight is 413 g/mol. The summed E-state index contributed by atoms with van der Waals surface area (Å²) in [7, 11) is 0. The first-order valence-corrected chi connectivity index (χ1v) is 10.7. The van der Waals surface area contributed by atoms with E-state index in [1.165, 1.54) is 0 Å². The highest BCUT2D eigenvalue weighted by Gasteiger charge is 2.59. The molecule has 9 nitrogen and oxygen atoms in total. The number of thioether (sulfide) groups is 1. The monoisotopic (exact) mass is 412 g/mol. The fourth-order valence-electron chi connectivity index (χ4n) is 5.27. The van der Waals surface area contributed by atoms with Gasteiger partial charge in [0.05, 0.1) is 18.1 Å². The van der Waals surface area contributed by atoms with Crippen LogP contribution < -0.4 is 16.4 Å². The number of nitrogens with one attached hydrogen (secondary N) is 2. The normalized spacial score (nSPS) is 43.8. The third-order valence-electron chi connectivity index (χ3n) is 6.73. The van der Waals surface area contributed by atoms with Crippen LogP contribution in [0.3, 0.4) is 0 Å². The quantitative estimate of drug-likeness (QED) is 0.316. The second kappa shape index (κ2) is 7.17. The van der Waals surface area contributed by atoms with Crippen LogP contribution in [0.25, 0.3) is 0 Å². The van der Waals surface area contributed by atoms with E-state index in [0.717, 1.165) is 11.3 Å². The van der Waals surface area contributed by atoms with E-state index in [-0.39, 0.29) is 46.7 Å². The molecular weight excluding hydrogens is 384 g/mol. The second-order valence-electron chi connectivity index (χ2n) is 8.36. The standard InChI is InChI=1S/C18H28N4O5S/c1-6-13-11(7(2)23)17(25)22(13)14(18(26)27)15(6)28-8-3-10(20-4-8)9-5-21-16(24)12(9)19/h6-13,17,20,23,25H,3-5,19H2,1-2H3,(H,21,24)(H,26,27)/t6-,7?,8+,9?,10+,11?,12?,13-,17?/m1/s1. The summed E-state index contributed by atoms with van der Waals surface area (Å²) in [5.74, 6) is -1.56. The molecule has 4 rings (SSSR count). The highest BCUT2D eigenvalue weighted by atomic mass is 32.2. The van der Waals surface area contributed by atoms with Crippen molar-refractivity contribution in [3.8, 4) is 0 Å². The largest absolute Gasteiger partial charge is 0.477 e. The third-order valence-corrected chi connectivity index (χ3v) is 8.24. The van der Waals surface area contributed by atoms with Crippen LogP contribution in [0.4, 0.5) is 0 Å². The molecule has 3 saturated heterocycles. The fourth-order valence-corrected chi connectivity index (χ4v) is 6.77. The van der Waals surface area contributed by atoms with Crippen molar-refractivity contribution in [2.75, 3.05) is 13.1 Å². The van der Waals surface area contributed by atoms with Crippen molar-refractivity contribution in [3.63, 3.8) is 0 Å². The smallest absolute Gasteiger partial charge is 0.353 e. The summed E-state index contributed by atoms with van der Waals surface area (Å²) in [6.07, 6.45) is -0.877.